The monoisotopic (exact) mass is 412 g/mol. The standard InChI is InChI=1S/C12H8Br2Cl2S/c1-6-2-10(17-12(6)16)11(15)7-3-8(13)5-9(14)4-7/h2-5,11H,1H3. The third-order valence-corrected chi connectivity index (χ3v) is 5.46. The maximum Gasteiger partial charge on any atom is 0.0960 e. The number of rotatable bonds is 2. The fraction of sp³-hybridized carbons (Fsp3) is 0.167. The Morgan fingerprint density at radius 1 is 1.12 bits per heavy atom. The van der Waals surface area contributed by atoms with Crippen LogP contribution in [-0.4, -0.2) is 0 Å². The molecule has 0 saturated heterocycles. The van der Waals surface area contributed by atoms with Gasteiger partial charge in [-0.3, -0.25) is 0 Å². The predicted molar refractivity (Wildman–Crippen MR) is 83.6 cm³/mol. The van der Waals surface area contributed by atoms with Crippen LogP contribution in [0.5, 0.6) is 0 Å². The Morgan fingerprint density at radius 2 is 1.71 bits per heavy atom. The van der Waals surface area contributed by atoms with Crippen molar-refractivity contribution in [3.05, 3.63) is 53.6 Å². The number of aryl methyl sites for hydroxylation is 1. The molecule has 1 atom stereocenters. The van der Waals surface area contributed by atoms with Gasteiger partial charge in [0.15, 0.2) is 0 Å². The van der Waals surface area contributed by atoms with Crippen LogP contribution in [0.15, 0.2) is 33.2 Å². The van der Waals surface area contributed by atoms with E-state index in [0.29, 0.717) is 0 Å². The highest BCUT2D eigenvalue weighted by atomic mass is 79.9. The molecule has 0 saturated carbocycles. The summed E-state index contributed by atoms with van der Waals surface area (Å²) in [6, 6.07) is 8.07. The lowest BCUT2D eigenvalue weighted by atomic mass is 10.1. The van der Waals surface area contributed by atoms with Crippen molar-refractivity contribution in [2.24, 2.45) is 0 Å². The van der Waals surface area contributed by atoms with E-state index in [-0.39, 0.29) is 5.38 Å². The van der Waals surface area contributed by atoms with Gasteiger partial charge in [0.05, 0.1) is 9.71 Å². The van der Waals surface area contributed by atoms with Gasteiger partial charge in [-0.05, 0) is 42.3 Å². The van der Waals surface area contributed by atoms with E-state index in [1.54, 1.807) is 0 Å². The molecule has 17 heavy (non-hydrogen) atoms. The van der Waals surface area contributed by atoms with Crippen LogP contribution < -0.4 is 0 Å². The molecule has 0 radical (unpaired) electrons. The Hall–Kier alpha value is 0.460. The molecule has 90 valence electrons. The Balaban J connectivity index is 2.39. The van der Waals surface area contributed by atoms with Crippen LogP contribution in [0.4, 0.5) is 0 Å². The minimum Gasteiger partial charge on any atom is -0.126 e. The van der Waals surface area contributed by atoms with E-state index >= 15 is 0 Å². The van der Waals surface area contributed by atoms with Gasteiger partial charge in [0.1, 0.15) is 0 Å². The topological polar surface area (TPSA) is 0 Å². The maximum absolute atomic E-state index is 6.47. The first-order chi connectivity index (χ1) is 7.97. The second-order valence-electron chi connectivity index (χ2n) is 3.67. The molecule has 2 rings (SSSR count). The molecule has 2 aromatic rings. The third kappa shape index (κ3) is 3.27. The van der Waals surface area contributed by atoms with Crippen molar-refractivity contribution in [3.8, 4) is 0 Å². The average Bonchev–Trinajstić information content (AvgIpc) is 2.57. The van der Waals surface area contributed by atoms with E-state index in [4.69, 9.17) is 23.2 Å². The van der Waals surface area contributed by atoms with Crippen LogP contribution in [0.2, 0.25) is 4.34 Å². The van der Waals surface area contributed by atoms with Crippen molar-refractivity contribution in [1.29, 1.82) is 0 Å². The van der Waals surface area contributed by atoms with Crippen molar-refractivity contribution in [1.82, 2.24) is 0 Å². The van der Waals surface area contributed by atoms with Crippen molar-refractivity contribution in [2.75, 3.05) is 0 Å². The molecular formula is C12H8Br2Cl2S. The molecule has 1 heterocycles. The van der Waals surface area contributed by atoms with Gasteiger partial charge < -0.3 is 0 Å². The first-order valence-electron chi connectivity index (χ1n) is 4.83. The van der Waals surface area contributed by atoms with Crippen LogP contribution in [0.1, 0.15) is 21.4 Å². The summed E-state index contributed by atoms with van der Waals surface area (Å²) in [6.45, 7) is 1.99. The van der Waals surface area contributed by atoms with Crippen molar-refractivity contribution in [2.45, 2.75) is 12.3 Å². The highest BCUT2D eigenvalue weighted by molar-refractivity contribution is 9.11. The molecule has 0 aliphatic carbocycles. The van der Waals surface area contributed by atoms with Crippen molar-refractivity contribution in [3.63, 3.8) is 0 Å². The van der Waals surface area contributed by atoms with Crippen LogP contribution in [0.25, 0.3) is 0 Å². The number of benzene rings is 1. The maximum atomic E-state index is 6.47. The average molecular weight is 415 g/mol. The largest absolute Gasteiger partial charge is 0.126 e. The van der Waals surface area contributed by atoms with E-state index in [9.17, 15) is 0 Å². The molecule has 0 aliphatic rings. The van der Waals surface area contributed by atoms with Gasteiger partial charge >= 0.3 is 0 Å². The Bertz CT molecular complexity index is 512. The first-order valence-corrected chi connectivity index (χ1v) is 8.05. The molecule has 0 bridgehead atoms. The molecule has 0 fully saturated rings. The lowest BCUT2D eigenvalue weighted by Gasteiger charge is -2.08. The molecule has 0 spiro atoms. The molecule has 0 N–H and O–H groups in total. The van der Waals surface area contributed by atoms with Gasteiger partial charge in [0.25, 0.3) is 0 Å². The summed E-state index contributed by atoms with van der Waals surface area (Å²) in [7, 11) is 0. The normalized spacial score (nSPS) is 12.8. The van der Waals surface area contributed by atoms with Gasteiger partial charge in [-0.25, -0.2) is 0 Å². The minimum atomic E-state index is -0.167. The SMILES string of the molecule is Cc1cc(C(Cl)c2cc(Br)cc(Br)c2)sc1Cl. The van der Waals surface area contributed by atoms with Gasteiger partial charge in [-0.15, -0.1) is 22.9 Å². The van der Waals surface area contributed by atoms with E-state index in [1.165, 1.54) is 11.3 Å². The Labute approximate surface area is 131 Å². The van der Waals surface area contributed by atoms with Crippen molar-refractivity contribution >= 4 is 66.4 Å². The van der Waals surface area contributed by atoms with Crippen molar-refractivity contribution < 1.29 is 0 Å². The first kappa shape index (κ1) is 13.9. The summed E-state index contributed by atoms with van der Waals surface area (Å²) in [5.41, 5.74) is 2.12. The zero-order chi connectivity index (χ0) is 12.6. The number of halogens is 4. The second kappa shape index (κ2) is 5.62. The van der Waals surface area contributed by atoms with Crippen LogP contribution in [0.3, 0.4) is 0 Å². The molecule has 1 aromatic carbocycles. The molecule has 5 heteroatoms. The van der Waals surface area contributed by atoms with E-state index in [2.05, 4.69) is 31.9 Å². The lowest BCUT2D eigenvalue weighted by molar-refractivity contribution is 1.17. The summed E-state index contributed by atoms with van der Waals surface area (Å²) in [6.07, 6.45) is 0. The molecule has 1 unspecified atom stereocenters. The van der Waals surface area contributed by atoms with Gasteiger partial charge in [0.2, 0.25) is 0 Å². The summed E-state index contributed by atoms with van der Waals surface area (Å²) < 4.78 is 2.82. The smallest absolute Gasteiger partial charge is 0.0960 e. The van der Waals surface area contributed by atoms with Crippen LogP contribution in [0, 0.1) is 6.92 Å². The molecule has 0 nitrogen and oxygen atoms in total. The molecular weight excluding hydrogens is 407 g/mol. The Kier molecular flexibility index (Phi) is 4.59. The highest BCUT2D eigenvalue weighted by Gasteiger charge is 2.15. The summed E-state index contributed by atoms with van der Waals surface area (Å²) in [4.78, 5) is 1.07. The van der Waals surface area contributed by atoms with Crippen LogP contribution in [-0.2, 0) is 0 Å². The number of hydrogen-bond acceptors (Lipinski definition) is 1. The zero-order valence-corrected chi connectivity index (χ0v) is 14.3. The zero-order valence-electron chi connectivity index (χ0n) is 8.81. The van der Waals surface area contributed by atoms with E-state index in [0.717, 1.165) is 29.3 Å². The fourth-order valence-electron chi connectivity index (χ4n) is 1.49. The minimum absolute atomic E-state index is 0.167. The van der Waals surface area contributed by atoms with Gasteiger partial charge in [-0.2, -0.15) is 0 Å². The molecule has 0 amide bonds. The highest BCUT2D eigenvalue weighted by Crippen LogP contribution is 2.39. The molecule has 0 aliphatic heterocycles. The second-order valence-corrected chi connectivity index (χ2v) is 7.62. The predicted octanol–water partition coefficient (Wildman–Crippen LogP) is 6.56. The summed E-state index contributed by atoms with van der Waals surface area (Å²) in [5, 5.41) is -0.167. The number of alkyl halides is 1. The Morgan fingerprint density at radius 3 is 2.18 bits per heavy atom. The lowest BCUT2D eigenvalue weighted by Crippen LogP contribution is -1.90. The van der Waals surface area contributed by atoms with E-state index < -0.39 is 0 Å². The fourth-order valence-corrected chi connectivity index (χ4v) is 4.37. The number of hydrogen-bond donors (Lipinski definition) is 0. The van der Waals surface area contributed by atoms with Gasteiger partial charge in [-0.1, -0.05) is 43.5 Å². The summed E-state index contributed by atoms with van der Waals surface area (Å²) >= 11 is 21.0. The van der Waals surface area contributed by atoms with E-state index in [1.807, 2.05) is 31.2 Å². The van der Waals surface area contributed by atoms with Crippen LogP contribution >= 0.6 is 66.4 Å². The van der Waals surface area contributed by atoms with Gasteiger partial charge in [0, 0.05) is 13.8 Å². The quantitative estimate of drug-likeness (QED) is 0.488. The summed E-state index contributed by atoms with van der Waals surface area (Å²) in [5.74, 6) is 0. The number of thiophene rings is 1. The third-order valence-electron chi connectivity index (χ3n) is 2.30. The molecule has 1 aromatic heterocycles.